The molecule has 0 bridgehead atoms. The van der Waals surface area contributed by atoms with E-state index in [-0.39, 0.29) is 23.4 Å². The highest BCUT2D eigenvalue weighted by Gasteiger charge is 2.58. The average Bonchev–Trinajstić information content (AvgIpc) is 3.00. The molecule has 3 aliphatic rings. The maximum Gasteiger partial charge on any atom is 0.243 e. The summed E-state index contributed by atoms with van der Waals surface area (Å²) in [5.41, 5.74) is 2.13. The lowest BCUT2D eigenvalue weighted by Crippen LogP contribution is -2.63. The molecule has 0 saturated carbocycles. The Morgan fingerprint density at radius 2 is 1.58 bits per heavy atom. The molecule has 2 aromatic carbocycles. The van der Waals surface area contributed by atoms with E-state index in [9.17, 15) is 9.18 Å². The number of fused-ring (bicyclic) bond motifs is 2. The van der Waals surface area contributed by atoms with Gasteiger partial charge in [-0.3, -0.25) is 14.6 Å². The Kier molecular flexibility index (Phi) is 5.54. The summed E-state index contributed by atoms with van der Waals surface area (Å²) in [6.07, 6.45) is 1.90. The van der Waals surface area contributed by atoms with Gasteiger partial charge in [-0.25, -0.2) is 4.39 Å². The van der Waals surface area contributed by atoms with Crippen LogP contribution in [0, 0.1) is 5.82 Å². The number of piperazine rings is 1. The topological polar surface area (TPSA) is 30.0 Å². The zero-order chi connectivity index (χ0) is 21.4. The summed E-state index contributed by atoms with van der Waals surface area (Å²) >= 11 is 0. The van der Waals surface area contributed by atoms with Crippen LogP contribution in [0.1, 0.15) is 24.0 Å². The summed E-state index contributed by atoms with van der Waals surface area (Å²) in [4.78, 5) is 23.0. The van der Waals surface area contributed by atoms with E-state index in [1.54, 1.807) is 0 Å². The number of halogens is 1. The van der Waals surface area contributed by atoms with Crippen molar-refractivity contribution in [2.24, 2.45) is 0 Å². The largest absolute Gasteiger partial charge is 0.318 e. The second-order valence-corrected chi connectivity index (χ2v) is 9.27. The molecule has 1 amide bonds. The Morgan fingerprint density at radius 3 is 2.29 bits per heavy atom. The molecule has 2 aromatic rings. The molecule has 0 unspecified atom stereocenters. The summed E-state index contributed by atoms with van der Waals surface area (Å²) in [5.74, 6) is 0.0888. The van der Waals surface area contributed by atoms with Gasteiger partial charge in [-0.2, -0.15) is 0 Å². The number of likely N-dealkylation sites (tertiary alicyclic amines) is 1. The molecule has 3 heterocycles. The van der Waals surface area contributed by atoms with E-state index in [0.717, 1.165) is 57.7 Å². The van der Waals surface area contributed by atoms with E-state index < -0.39 is 0 Å². The maximum absolute atomic E-state index is 13.6. The van der Waals surface area contributed by atoms with Crippen molar-refractivity contribution < 1.29 is 9.18 Å². The second-order valence-electron chi connectivity index (χ2n) is 9.27. The van der Waals surface area contributed by atoms with E-state index in [1.807, 2.05) is 18.2 Å². The van der Waals surface area contributed by atoms with Crippen molar-refractivity contribution in [3.8, 4) is 0 Å². The summed E-state index contributed by atoms with van der Waals surface area (Å²) < 4.78 is 13.2. The number of benzene rings is 2. The highest BCUT2D eigenvalue weighted by atomic mass is 19.1. The van der Waals surface area contributed by atoms with Gasteiger partial charge < -0.3 is 9.80 Å². The third kappa shape index (κ3) is 3.88. The number of carbonyl (C=O) groups excluding carboxylic acids is 1. The van der Waals surface area contributed by atoms with E-state index in [4.69, 9.17) is 0 Å². The number of nitrogens with zero attached hydrogens (tertiary/aromatic N) is 4. The SMILES string of the molecule is CN1CCN2[C@H](C1)C(=O)N(Cc1ccccc1)C21CCN(Cc2ccc(F)cc2)CC1. The van der Waals surface area contributed by atoms with Crippen LogP contribution in [-0.2, 0) is 17.9 Å². The number of hydrogen-bond acceptors (Lipinski definition) is 4. The minimum Gasteiger partial charge on any atom is -0.318 e. The fourth-order valence-electron chi connectivity index (χ4n) is 5.63. The molecule has 164 valence electrons. The van der Waals surface area contributed by atoms with Crippen LogP contribution in [0.15, 0.2) is 54.6 Å². The molecule has 5 nitrogen and oxygen atoms in total. The van der Waals surface area contributed by atoms with Crippen LogP contribution < -0.4 is 0 Å². The number of likely N-dealkylation sites (N-methyl/N-ethyl adjacent to an activating group) is 1. The first-order valence-electron chi connectivity index (χ1n) is 11.3. The number of rotatable bonds is 4. The first kappa shape index (κ1) is 20.6. The third-order valence-electron chi connectivity index (χ3n) is 7.33. The van der Waals surface area contributed by atoms with Crippen LogP contribution in [-0.4, -0.2) is 77.0 Å². The molecule has 0 aliphatic carbocycles. The number of carbonyl (C=O) groups is 1. The summed E-state index contributed by atoms with van der Waals surface area (Å²) in [6, 6.07) is 17.1. The number of amides is 1. The van der Waals surface area contributed by atoms with E-state index in [2.05, 4.69) is 50.9 Å². The maximum atomic E-state index is 13.6. The molecule has 3 aliphatic heterocycles. The molecular formula is C25H31FN4O. The first-order chi connectivity index (χ1) is 15.0. The van der Waals surface area contributed by atoms with Crippen molar-refractivity contribution in [1.29, 1.82) is 0 Å². The highest BCUT2D eigenvalue weighted by Crippen LogP contribution is 2.42. The van der Waals surface area contributed by atoms with Crippen LogP contribution >= 0.6 is 0 Å². The molecular weight excluding hydrogens is 391 g/mol. The highest BCUT2D eigenvalue weighted by molar-refractivity contribution is 5.85. The lowest BCUT2D eigenvalue weighted by molar-refractivity contribution is -0.135. The Balaban J connectivity index is 1.36. The predicted octanol–water partition coefficient (Wildman–Crippen LogP) is 2.78. The number of hydrogen-bond donors (Lipinski definition) is 0. The first-order valence-corrected chi connectivity index (χ1v) is 11.3. The van der Waals surface area contributed by atoms with E-state index in [0.29, 0.717) is 6.54 Å². The van der Waals surface area contributed by atoms with Gasteiger partial charge in [0.15, 0.2) is 0 Å². The van der Waals surface area contributed by atoms with Crippen LogP contribution in [0.4, 0.5) is 4.39 Å². The standard InChI is InChI=1S/C25H31FN4O/c1-27-15-16-29-23(19-27)24(31)30(18-20-5-3-2-4-6-20)25(29)11-13-28(14-12-25)17-21-7-9-22(26)10-8-21/h2-10,23H,11-19H2,1H3/t23-/m1/s1. The molecule has 5 rings (SSSR count). The molecule has 3 fully saturated rings. The van der Waals surface area contributed by atoms with Crippen molar-refractivity contribution in [1.82, 2.24) is 19.6 Å². The Bertz CT molecular complexity index is 911. The van der Waals surface area contributed by atoms with Crippen LogP contribution in [0.25, 0.3) is 0 Å². The predicted molar refractivity (Wildman–Crippen MR) is 119 cm³/mol. The summed E-state index contributed by atoms with van der Waals surface area (Å²) in [7, 11) is 2.11. The van der Waals surface area contributed by atoms with Gasteiger partial charge in [0.05, 0.1) is 5.66 Å². The zero-order valence-electron chi connectivity index (χ0n) is 18.2. The molecule has 31 heavy (non-hydrogen) atoms. The van der Waals surface area contributed by atoms with Crippen molar-refractivity contribution in [2.75, 3.05) is 39.8 Å². The van der Waals surface area contributed by atoms with Crippen LogP contribution in [0.3, 0.4) is 0 Å². The van der Waals surface area contributed by atoms with Crippen LogP contribution in [0.2, 0.25) is 0 Å². The second kappa shape index (κ2) is 8.34. The summed E-state index contributed by atoms with van der Waals surface area (Å²) in [6.45, 7) is 6.14. The van der Waals surface area contributed by atoms with Gasteiger partial charge in [0, 0.05) is 45.8 Å². The van der Waals surface area contributed by atoms with Crippen molar-refractivity contribution >= 4 is 5.91 Å². The number of piperidine rings is 1. The van der Waals surface area contributed by atoms with E-state index in [1.165, 1.54) is 17.7 Å². The van der Waals surface area contributed by atoms with Gasteiger partial charge in [-0.15, -0.1) is 0 Å². The smallest absolute Gasteiger partial charge is 0.243 e. The molecule has 6 heteroatoms. The van der Waals surface area contributed by atoms with Gasteiger partial charge in [0.2, 0.25) is 5.91 Å². The average molecular weight is 423 g/mol. The fourth-order valence-corrected chi connectivity index (χ4v) is 5.63. The normalized spacial score (nSPS) is 24.6. The van der Waals surface area contributed by atoms with Gasteiger partial charge in [0.25, 0.3) is 0 Å². The van der Waals surface area contributed by atoms with Crippen molar-refractivity contribution in [3.05, 3.63) is 71.5 Å². The minimum absolute atomic E-state index is 0.0360. The Morgan fingerprint density at radius 1 is 0.903 bits per heavy atom. The molecule has 1 spiro atoms. The van der Waals surface area contributed by atoms with E-state index >= 15 is 0 Å². The monoisotopic (exact) mass is 422 g/mol. The third-order valence-corrected chi connectivity index (χ3v) is 7.33. The molecule has 0 aromatic heterocycles. The Hall–Kier alpha value is -2.28. The van der Waals surface area contributed by atoms with Crippen molar-refractivity contribution in [2.45, 2.75) is 37.6 Å². The van der Waals surface area contributed by atoms with Gasteiger partial charge in [-0.05, 0) is 43.1 Å². The summed E-state index contributed by atoms with van der Waals surface area (Å²) in [5, 5.41) is 0. The lowest BCUT2D eigenvalue weighted by Gasteiger charge is -2.51. The Labute approximate surface area is 184 Å². The zero-order valence-corrected chi connectivity index (χ0v) is 18.2. The fraction of sp³-hybridized carbons (Fsp3) is 0.480. The van der Waals surface area contributed by atoms with Gasteiger partial charge in [0.1, 0.15) is 11.9 Å². The molecule has 0 radical (unpaired) electrons. The lowest BCUT2D eigenvalue weighted by atomic mass is 9.92. The minimum atomic E-state index is -0.196. The molecule has 1 atom stereocenters. The van der Waals surface area contributed by atoms with Gasteiger partial charge in [-0.1, -0.05) is 42.5 Å². The molecule has 0 N–H and O–H groups in total. The molecule has 3 saturated heterocycles. The quantitative estimate of drug-likeness (QED) is 0.758. The van der Waals surface area contributed by atoms with Gasteiger partial charge >= 0.3 is 0 Å². The van der Waals surface area contributed by atoms with Crippen LogP contribution in [0.5, 0.6) is 0 Å². The van der Waals surface area contributed by atoms with Crippen molar-refractivity contribution in [3.63, 3.8) is 0 Å².